The van der Waals surface area contributed by atoms with Gasteiger partial charge < -0.3 is 20.8 Å². The topological polar surface area (TPSA) is 90.0 Å². The van der Waals surface area contributed by atoms with Gasteiger partial charge in [0.05, 0.1) is 0 Å². The molecule has 1 heterocycles. The summed E-state index contributed by atoms with van der Waals surface area (Å²) in [5.41, 5.74) is 5.47. The van der Waals surface area contributed by atoms with E-state index in [1.54, 1.807) is 4.90 Å². The van der Waals surface area contributed by atoms with Crippen molar-refractivity contribution >= 4 is 5.91 Å². The zero-order valence-corrected chi connectivity index (χ0v) is 12.2. The van der Waals surface area contributed by atoms with Gasteiger partial charge in [0.25, 0.3) is 5.91 Å². The fraction of sp³-hybridized carbons (Fsp3) is 0.533. The van der Waals surface area contributed by atoms with Crippen molar-refractivity contribution in [1.29, 1.82) is 0 Å². The lowest BCUT2D eigenvalue weighted by Gasteiger charge is -2.34. The number of phenolic OH excluding ortho intramolecular Hbond substituents is 2. The minimum atomic E-state index is -0.313. The van der Waals surface area contributed by atoms with Crippen molar-refractivity contribution in [2.75, 3.05) is 39.3 Å². The maximum atomic E-state index is 12.4. The van der Waals surface area contributed by atoms with E-state index in [-0.39, 0.29) is 23.0 Å². The van der Waals surface area contributed by atoms with E-state index in [0.717, 1.165) is 32.5 Å². The van der Waals surface area contributed by atoms with Crippen molar-refractivity contribution < 1.29 is 15.0 Å². The summed E-state index contributed by atoms with van der Waals surface area (Å²) in [6, 6.07) is 4.34. The van der Waals surface area contributed by atoms with Gasteiger partial charge in [-0.3, -0.25) is 9.69 Å². The van der Waals surface area contributed by atoms with E-state index in [1.165, 1.54) is 18.2 Å². The maximum Gasteiger partial charge on any atom is 0.261 e. The predicted molar refractivity (Wildman–Crippen MR) is 80.4 cm³/mol. The zero-order chi connectivity index (χ0) is 15.2. The Labute approximate surface area is 124 Å². The maximum absolute atomic E-state index is 12.4. The Morgan fingerprint density at radius 2 is 1.71 bits per heavy atom. The molecule has 1 aliphatic heterocycles. The van der Waals surface area contributed by atoms with Crippen LogP contribution in [-0.4, -0.2) is 65.2 Å². The summed E-state index contributed by atoms with van der Waals surface area (Å²) in [5, 5.41) is 19.5. The van der Waals surface area contributed by atoms with Crippen molar-refractivity contribution in [3.63, 3.8) is 0 Å². The molecule has 0 aromatic heterocycles. The SMILES string of the molecule is NCCCCN1CCN(C(=O)c2c(O)cccc2O)CC1. The van der Waals surface area contributed by atoms with Crippen LogP contribution in [0.4, 0.5) is 0 Å². The molecule has 6 nitrogen and oxygen atoms in total. The molecule has 0 radical (unpaired) electrons. The third-order valence-electron chi connectivity index (χ3n) is 3.82. The van der Waals surface area contributed by atoms with Crippen molar-refractivity contribution in [3.05, 3.63) is 23.8 Å². The van der Waals surface area contributed by atoms with E-state index in [1.807, 2.05) is 0 Å². The Balaban J connectivity index is 1.91. The molecule has 1 amide bonds. The number of hydrogen-bond donors (Lipinski definition) is 3. The van der Waals surface area contributed by atoms with E-state index >= 15 is 0 Å². The number of rotatable bonds is 5. The van der Waals surface area contributed by atoms with Crippen LogP contribution in [0.15, 0.2) is 18.2 Å². The number of nitrogens with zero attached hydrogens (tertiary/aromatic N) is 2. The molecule has 1 saturated heterocycles. The van der Waals surface area contributed by atoms with Crippen LogP contribution in [0.25, 0.3) is 0 Å². The van der Waals surface area contributed by atoms with E-state index in [0.29, 0.717) is 19.6 Å². The van der Waals surface area contributed by atoms with Crippen LogP contribution in [-0.2, 0) is 0 Å². The highest BCUT2D eigenvalue weighted by atomic mass is 16.3. The van der Waals surface area contributed by atoms with Crippen LogP contribution in [0.5, 0.6) is 11.5 Å². The normalized spacial score (nSPS) is 16.1. The monoisotopic (exact) mass is 293 g/mol. The molecular formula is C15H23N3O3. The van der Waals surface area contributed by atoms with Gasteiger partial charge in [-0.2, -0.15) is 0 Å². The lowest BCUT2D eigenvalue weighted by molar-refractivity contribution is 0.0629. The average Bonchev–Trinajstić information content (AvgIpc) is 2.48. The summed E-state index contributed by atoms with van der Waals surface area (Å²) in [7, 11) is 0. The van der Waals surface area contributed by atoms with Gasteiger partial charge in [-0.1, -0.05) is 6.07 Å². The molecule has 0 spiro atoms. The number of piperazine rings is 1. The molecule has 0 aliphatic carbocycles. The Kier molecular flexibility index (Phi) is 5.41. The summed E-state index contributed by atoms with van der Waals surface area (Å²) in [6.45, 7) is 4.55. The first-order valence-electron chi connectivity index (χ1n) is 7.36. The van der Waals surface area contributed by atoms with Crippen molar-refractivity contribution in [1.82, 2.24) is 9.80 Å². The van der Waals surface area contributed by atoms with Gasteiger partial charge in [-0.15, -0.1) is 0 Å². The minimum Gasteiger partial charge on any atom is -0.507 e. The highest BCUT2D eigenvalue weighted by molar-refractivity contribution is 5.99. The van der Waals surface area contributed by atoms with Gasteiger partial charge in [-0.25, -0.2) is 0 Å². The minimum absolute atomic E-state index is 0.00548. The number of amides is 1. The smallest absolute Gasteiger partial charge is 0.261 e. The summed E-state index contributed by atoms with van der Waals surface area (Å²) in [5.74, 6) is -0.664. The quantitative estimate of drug-likeness (QED) is 0.692. The molecule has 0 unspecified atom stereocenters. The second-order valence-electron chi connectivity index (χ2n) is 5.30. The van der Waals surface area contributed by atoms with Crippen LogP contribution < -0.4 is 5.73 Å². The lowest BCUT2D eigenvalue weighted by Crippen LogP contribution is -2.48. The molecule has 2 rings (SSSR count). The number of hydrogen-bond acceptors (Lipinski definition) is 5. The zero-order valence-electron chi connectivity index (χ0n) is 12.2. The Morgan fingerprint density at radius 3 is 2.29 bits per heavy atom. The van der Waals surface area contributed by atoms with Gasteiger partial charge >= 0.3 is 0 Å². The third kappa shape index (κ3) is 3.86. The molecule has 0 atom stereocenters. The van der Waals surface area contributed by atoms with Gasteiger partial charge in [0.15, 0.2) is 0 Å². The molecule has 4 N–H and O–H groups in total. The summed E-state index contributed by atoms with van der Waals surface area (Å²) >= 11 is 0. The average molecular weight is 293 g/mol. The standard InChI is InChI=1S/C15H23N3O3/c16-6-1-2-7-17-8-10-18(11-9-17)15(21)14-12(19)4-3-5-13(14)20/h3-5,19-20H,1-2,6-11,16H2. The van der Waals surface area contributed by atoms with E-state index in [2.05, 4.69) is 4.90 Å². The number of aromatic hydroxyl groups is 2. The summed E-state index contributed by atoms with van der Waals surface area (Å²) in [6.07, 6.45) is 2.09. The lowest BCUT2D eigenvalue weighted by atomic mass is 10.1. The van der Waals surface area contributed by atoms with Crippen LogP contribution in [0, 0.1) is 0 Å². The second kappa shape index (κ2) is 7.28. The first kappa shape index (κ1) is 15.6. The molecule has 0 bridgehead atoms. The number of phenols is 2. The van der Waals surface area contributed by atoms with E-state index in [9.17, 15) is 15.0 Å². The second-order valence-corrected chi connectivity index (χ2v) is 5.30. The number of unbranched alkanes of at least 4 members (excludes halogenated alkanes) is 1. The number of nitrogens with two attached hydrogens (primary N) is 1. The largest absolute Gasteiger partial charge is 0.507 e. The molecule has 21 heavy (non-hydrogen) atoms. The molecule has 1 aromatic carbocycles. The van der Waals surface area contributed by atoms with E-state index in [4.69, 9.17) is 5.73 Å². The van der Waals surface area contributed by atoms with Crippen LogP contribution in [0.1, 0.15) is 23.2 Å². The first-order chi connectivity index (χ1) is 10.1. The Morgan fingerprint density at radius 1 is 1.10 bits per heavy atom. The molecule has 1 aliphatic rings. The van der Waals surface area contributed by atoms with Crippen molar-refractivity contribution in [2.24, 2.45) is 5.73 Å². The van der Waals surface area contributed by atoms with Crippen molar-refractivity contribution in [2.45, 2.75) is 12.8 Å². The highest BCUT2D eigenvalue weighted by Crippen LogP contribution is 2.27. The predicted octanol–water partition coefficient (Wildman–Crippen LogP) is 0.594. The molecule has 6 heteroatoms. The van der Waals surface area contributed by atoms with Crippen LogP contribution in [0.3, 0.4) is 0 Å². The fourth-order valence-corrected chi connectivity index (χ4v) is 2.56. The van der Waals surface area contributed by atoms with Crippen LogP contribution >= 0.6 is 0 Å². The Bertz CT molecular complexity index is 465. The molecule has 0 saturated carbocycles. The molecule has 116 valence electrons. The highest BCUT2D eigenvalue weighted by Gasteiger charge is 2.25. The Hall–Kier alpha value is -1.79. The molecular weight excluding hydrogens is 270 g/mol. The first-order valence-corrected chi connectivity index (χ1v) is 7.36. The number of carbonyl (C=O) groups excluding carboxylic acids is 1. The summed E-state index contributed by atoms with van der Waals surface area (Å²) < 4.78 is 0. The summed E-state index contributed by atoms with van der Waals surface area (Å²) in [4.78, 5) is 16.4. The van der Waals surface area contributed by atoms with Crippen LogP contribution in [0.2, 0.25) is 0 Å². The third-order valence-corrected chi connectivity index (χ3v) is 3.82. The molecule has 1 fully saturated rings. The van der Waals surface area contributed by atoms with Gasteiger partial charge in [-0.05, 0) is 38.1 Å². The van der Waals surface area contributed by atoms with Crippen molar-refractivity contribution in [3.8, 4) is 11.5 Å². The van der Waals surface area contributed by atoms with Gasteiger partial charge in [0.2, 0.25) is 0 Å². The molecule has 1 aromatic rings. The van der Waals surface area contributed by atoms with Gasteiger partial charge in [0, 0.05) is 26.2 Å². The van der Waals surface area contributed by atoms with E-state index < -0.39 is 0 Å². The number of benzene rings is 1. The fourth-order valence-electron chi connectivity index (χ4n) is 2.56. The number of carbonyl (C=O) groups is 1. The van der Waals surface area contributed by atoms with Gasteiger partial charge in [0.1, 0.15) is 17.1 Å².